The van der Waals surface area contributed by atoms with Gasteiger partial charge in [-0.25, -0.2) is 9.48 Å². The van der Waals surface area contributed by atoms with Crippen LogP contribution < -0.4 is 9.47 Å². The van der Waals surface area contributed by atoms with E-state index in [9.17, 15) is 4.79 Å². The zero-order chi connectivity index (χ0) is 24.1. The summed E-state index contributed by atoms with van der Waals surface area (Å²) in [6.45, 7) is 2.50. The Bertz CT molecular complexity index is 1270. The predicted molar refractivity (Wildman–Crippen MR) is 130 cm³/mol. The van der Waals surface area contributed by atoms with E-state index < -0.39 is 11.8 Å². The Balaban J connectivity index is 1.49. The Morgan fingerprint density at radius 2 is 1.85 bits per heavy atom. The summed E-state index contributed by atoms with van der Waals surface area (Å²) < 4.78 is 32.6. The van der Waals surface area contributed by atoms with Gasteiger partial charge in [0.05, 0.1) is 30.8 Å². The molecule has 0 aliphatic rings. The Kier molecular flexibility index (Phi) is 7.49. The summed E-state index contributed by atoms with van der Waals surface area (Å²) in [6.07, 6.45) is 0. The topological polar surface area (TPSA) is 62.6 Å². The number of carbonyl (C=O) groups excluding carboxylic acids is 1. The molecule has 2 aromatic heterocycles. The number of hydrogen-bond acceptors (Lipinski definition) is 6. The van der Waals surface area contributed by atoms with Crippen LogP contribution >= 0.6 is 22.9 Å². The second-order valence-electron chi connectivity index (χ2n) is 7.20. The molecule has 0 fully saturated rings. The highest BCUT2D eigenvalue weighted by molar-refractivity contribution is 7.08. The van der Waals surface area contributed by atoms with E-state index in [1.165, 1.54) is 11.8 Å². The molecule has 0 spiro atoms. The highest BCUT2D eigenvalue weighted by Crippen LogP contribution is 2.32. The normalized spacial score (nSPS) is 10.8. The van der Waals surface area contributed by atoms with Gasteiger partial charge in [0.15, 0.2) is 0 Å². The molecular formula is C25H22ClFN2O4S. The largest absolute Gasteiger partial charge is 0.490 e. The van der Waals surface area contributed by atoms with Gasteiger partial charge in [-0.1, -0.05) is 29.8 Å². The predicted octanol–water partition coefficient (Wildman–Crippen LogP) is 6.34. The molecule has 0 aliphatic heterocycles. The van der Waals surface area contributed by atoms with E-state index in [1.54, 1.807) is 42.5 Å². The second kappa shape index (κ2) is 10.7. The zero-order valence-corrected chi connectivity index (χ0v) is 20.2. The molecule has 0 N–H and O–H groups in total. The van der Waals surface area contributed by atoms with Crippen LogP contribution in [-0.4, -0.2) is 36.1 Å². The van der Waals surface area contributed by atoms with Gasteiger partial charge in [-0.15, -0.1) is 0 Å². The molecule has 0 bridgehead atoms. The van der Waals surface area contributed by atoms with E-state index in [2.05, 4.69) is 5.10 Å². The molecule has 0 saturated carbocycles. The summed E-state index contributed by atoms with van der Waals surface area (Å²) in [7, 11) is 1.30. The fourth-order valence-electron chi connectivity index (χ4n) is 3.39. The molecule has 0 amide bonds. The van der Waals surface area contributed by atoms with Crippen LogP contribution in [0.1, 0.15) is 17.3 Å². The number of thiophene rings is 1. The number of ether oxygens (including phenoxy) is 3. The maximum atomic E-state index is 15.1. The van der Waals surface area contributed by atoms with Gasteiger partial charge in [-0.2, -0.15) is 20.8 Å². The van der Waals surface area contributed by atoms with Crippen molar-refractivity contribution in [3.63, 3.8) is 0 Å². The molecule has 0 radical (unpaired) electrons. The van der Waals surface area contributed by atoms with Crippen molar-refractivity contribution in [1.82, 2.24) is 9.78 Å². The van der Waals surface area contributed by atoms with Crippen LogP contribution in [0.15, 0.2) is 59.3 Å². The van der Waals surface area contributed by atoms with E-state index in [4.69, 9.17) is 25.8 Å². The molecule has 0 atom stereocenters. The van der Waals surface area contributed by atoms with Crippen LogP contribution in [-0.2, 0) is 11.3 Å². The summed E-state index contributed by atoms with van der Waals surface area (Å²) in [5.74, 6) is -0.487. The van der Waals surface area contributed by atoms with Crippen molar-refractivity contribution in [3.05, 3.63) is 75.7 Å². The number of aromatic nitrogens is 2. The van der Waals surface area contributed by atoms with Crippen LogP contribution in [0.5, 0.6) is 11.6 Å². The standard InChI is InChI=1S/C25H22ClFN2O4S/c1-3-32-24-22(27)23(16-4-6-17(7-5-16)25(30)31-2)28-29(24)11-12-33-21-9-8-18(14-20(21)26)19-10-13-34-15-19/h4-10,13-15H,3,11-12H2,1-2H3. The highest BCUT2D eigenvalue weighted by atomic mass is 35.5. The quantitative estimate of drug-likeness (QED) is 0.251. The van der Waals surface area contributed by atoms with Crippen LogP contribution in [0.4, 0.5) is 4.39 Å². The van der Waals surface area contributed by atoms with Crippen molar-refractivity contribution >= 4 is 28.9 Å². The molecule has 6 nitrogen and oxygen atoms in total. The number of carbonyl (C=O) groups is 1. The molecule has 9 heteroatoms. The van der Waals surface area contributed by atoms with E-state index in [-0.39, 0.29) is 31.3 Å². The summed E-state index contributed by atoms with van der Waals surface area (Å²) in [5.41, 5.74) is 3.11. The fraction of sp³-hybridized carbons (Fsp3) is 0.200. The summed E-state index contributed by atoms with van der Waals surface area (Å²) in [4.78, 5) is 11.7. The number of halogens is 2. The average Bonchev–Trinajstić information content (AvgIpc) is 3.49. The van der Waals surface area contributed by atoms with Crippen LogP contribution in [0.2, 0.25) is 5.02 Å². The maximum Gasteiger partial charge on any atom is 0.337 e. The number of methoxy groups -OCH3 is 1. The molecule has 0 unspecified atom stereocenters. The average molecular weight is 501 g/mol. The first kappa shape index (κ1) is 23.8. The molecule has 4 rings (SSSR count). The van der Waals surface area contributed by atoms with E-state index in [1.807, 2.05) is 35.0 Å². The minimum absolute atomic E-state index is 0.0250. The number of esters is 1. The Morgan fingerprint density at radius 1 is 1.09 bits per heavy atom. The van der Waals surface area contributed by atoms with Crippen molar-refractivity contribution in [2.24, 2.45) is 0 Å². The number of benzene rings is 2. The van der Waals surface area contributed by atoms with E-state index in [0.29, 0.717) is 21.9 Å². The molecule has 176 valence electrons. The fourth-order valence-corrected chi connectivity index (χ4v) is 4.29. The summed E-state index contributed by atoms with van der Waals surface area (Å²) in [5, 5.41) is 8.93. The lowest BCUT2D eigenvalue weighted by molar-refractivity contribution is 0.0600. The van der Waals surface area contributed by atoms with E-state index in [0.717, 1.165) is 11.1 Å². The minimum atomic E-state index is -0.578. The zero-order valence-electron chi connectivity index (χ0n) is 18.6. The third kappa shape index (κ3) is 5.08. The van der Waals surface area contributed by atoms with Crippen molar-refractivity contribution in [2.75, 3.05) is 20.3 Å². The number of hydrogen-bond donors (Lipinski definition) is 0. The van der Waals surface area contributed by atoms with Crippen molar-refractivity contribution < 1.29 is 23.4 Å². The van der Waals surface area contributed by atoms with Gasteiger partial charge in [-0.05, 0) is 59.1 Å². The Hall–Kier alpha value is -3.36. The Morgan fingerprint density at radius 3 is 2.50 bits per heavy atom. The molecule has 34 heavy (non-hydrogen) atoms. The van der Waals surface area contributed by atoms with Gasteiger partial charge in [0.25, 0.3) is 0 Å². The first-order chi connectivity index (χ1) is 16.5. The van der Waals surface area contributed by atoms with Crippen LogP contribution in [0.3, 0.4) is 0 Å². The Labute approximate surface area is 205 Å². The lowest BCUT2D eigenvalue weighted by Crippen LogP contribution is -2.12. The SMILES string of the molecule is CCOc1c(F)c(-c2ccc(C(=O)OC)cc2)nn1CCOc1ccc(-c2ccsc2)cc1Cl. The monoisotopic (exact) mass is 500 g/mol. The summed E-state index contributed by atoms with van der Waals surface area (Å²) >= 11 is 8.02. The molecule has 2 heterocycles. The second-order valence-corrected chi connectivity index (χ2v) is 8.39. The minimum Gasteiger partial charge on any atom is -0.490 e. The smallest absolute Gasteiger partial charge is 0.337 e. The molecular weight excluding hydrogens is 479 g/mol. The molecule has 0 aliphatic carbocycles. The van der Waals surface area contributed by atoms with Gasteiger partial charge >= 0.3 is 5.97 Å². The highest BCUT2D eigenvalue weighted by Gasteiger charge is 2.21. The van der Waals surface area contributed by atoms with Gasteiger partial charge < -0.3 is 14.2 Å². The van der Waals surface area contributed by atoms with Crippen molar-refractivity contribution in [1.29, 1.82) is 0 Å². The third-order valence-corrected chi connectivity index (χ3v) is 6.04. The van der Waals surface area contributed by atoms with Gasteiger partial charge in [0.1, 0.15) is 18.1 Å². The lowest BCUT2D eigenvalue weighted by Gasteiger charge is -2.11. The van der Waals surface area contributed by atoms with Crippen LogP contribution in [0.25, 0.3) is 22.4 Å². The van der Waals surface area contributed by atoms with Gasteiger partial charge in [0.2, 0.25) is 11.7 Å². The van der Waals surface area contributed by atoms with Gasteiger partial charge in [-0.3, -0.25) is 0 Å². The van der Waals surface area contributed by atoms with Crippen molar-refractivity contribution in [2.45, 2.75) is 13.5 Å². The first-order valence-electron chi connectivity index (χ1n) is 10.5. The summed E-state index contributed by atoms with van der Waals surface area (Å²) in [6, 6.07) is 14.0. The lowest BCUT2D eigenvalue weighted by atomic mass is 10.1. The number of rotatable bonds is 9. The number of nitrogens with zero attached hydrogens (tertiary/aromatic N) is 2. The third-order valence-electron chi connectivity index (χ3n) is 5.06. The first-order valence-corrected chi connectivity index (χ1v) is 11.9. The van der Waals surface area contributed by atoms with Crippen molar-refractivity contribution in [3.8, 4) is 34.0 Å². The molecule has 0 saturated heterocycles. The van der Waals surface area contributed by atoms with E-state index >= 15 is 4.39 Å². The molecule has 4 aromatic rings. The van der Waals surface area contributed by atoms with Crippen LogP contribution in [0, 0.1) is 5.82 Å². The molecule has 2 aromatic carbocycles. The van der Waals surface area contributed by atoms with Gasteiger partial charge in [0, 0.05) is 5.56 Å². The maximum absolute atomic E-state index is 15.1.